The highest BCUT2D eigenvalue weighted by Gasteiger charge is 2.56. The van der Waals surface area contributed by atoms with Crippen LogP contribution in [-0.4, -0.2) is 38.5 Å². The molecule has 3 fully saturated rings. The van der Waals surface area contributed by atoms with Gasteiger partial charge in [-0.15, -0.1) is 0 Å². The van der Waals surface area contributed by atoms with Crippen molar-refractivity contribution in [1.82, 2.24) is 5.32 Å². The third-order valence-electron chi connectivity index (χ3n) is 5.59. The van der Waals surface area contributed by atoms with Crippen LogP contribution in [0.25, 0.3) is 0 Å². The lowest BCUT2D eigenvalue weighted by Gasteiger charge is -2.54. The number of nitrogens with one attached hydrogen (secondary N) is 1. The van der Waals surface area contributed by atoms with Gasteiger partial charge < -0.3 is 14.8 Å². The van der Waals surface area contributed by atoms with Gasteiger partial charge in [-0.1, -0.05) is 12.8 Å². The van der Waals surface area contributed by atoms with E-state index >= 15 is 0 Å². The number of rotatable bonds is 5. The smallest absolute Gasteiger partial charge is 0.0661 e. The summed E-state index contributed by atoms with van der Waals surface area (Å²) < 4.78 is 11.6. The summed E-state index contributed by atoms with van der Waals surface area (Å²) in [5.74, 6) is 0.735. The molecule has 110 valence electrons. The lowest BCUT2D eigenvalue weighted by molar-refractivity contribution is -0.131. The number of hydrogen-bond donors (Lipinski definition) is 1. The zero-order chi connectivity index (χ0) is 13.1. The van der Waals surface area contributed by atoms with Gasteiger partial charge in [-0.05, 0) is 44.9 Å². The van der Waals surface area contributed by atoms with Crippen molar-refractivity contribution in [3.63, 3.8) is 0 Å². The van der Waals surface area contributed by atoms with Crippen LogP contribution in [0.1, 0.15) is 51.9 Å². The van der Waals surface area contributed by atoms with Crippen LogP contribution in [0.5, 0.6) is 0 Å². The summed E-state index contributed by atoms with van der Waals surface area (Å²) in [6.45, 7) is 6.07. The van der Waals surface area contributed by atoms with Crippen molar-refractivity contribution in [2.75, 3.05) is 26.4 Å². The summed E-state index contributed by atoms with van der Waals surface area (Å²) in [7, 11) is 0. The standard InChI is InChI=1S/C16H29NO2/c1-2-19-15-10-14(16(15)7-3-4-8-16)17-11-13-6-5-9-18-12-13/h13-15,17H,2-12H2,1H3. The third kappa shape index (κ3) is 2.70. The summed E-state index contributed by atoms with van der Waals surface area (Å²) in [6.07, 6.45) is 9.86. The van der Waals surface area contributed by atoms with E-state index in [0.29, 0.717) is 17.6 Å². The molecule has 0 aromatic heterocycles. The quantitative estimate of drug-likeness (QED) is 0.831. The van der Waals surface area contributed by atoms with Crippen LogP contribution >= 0.6 is 0 Å². The Balaban J connectivity index is 1.50. The maximum Gasteiger partial charge on any atom is 0.0661 e. The second-order valence-corrected chi connectivity index (χ2v) is 6.66. The van der Waals surface area contributed by atoms with E-state index < -0.39 is 0 Å². The fourth-order valence-corrected chi connectivity index (χ4v) is 4.45. The molecule has 1 spiro atoms. The highest BCUT2D eigenvalue weighted by atomic mass is 16.5. The van der Waals surface area contributed by atoms with Crippen molar-refractivity contribution in [3.05, 3.63) is 0 Å². The molecule has 0 aromatic carbocycles. The fourth-order valence-electron chi connectivity index (χ4n) is 4.45. The molecule has 1 aliphatic heterocycles. The zero-order valence-corrected chi connectivity index (χ0v) is 12.3. The van der Waals surface area contributed by atoms with Crippen molar-refractivity contribution >= 4 is 0 Å². The molecule has 3 rings (SSSR count). The largest absolute Gasteiger partial charge is 0.381 e. The van der Waals surface area contributed by atoms with Crippen molar-refractivity contribution in [1.29, 1.82) is 0 Å². The predicted molar refractivity (Wildman–Crippen MR) is 76.3 cm³/mol. The van der Waals surface area contributed by atoms with E-state index in [1.165, 1.54) is 44.9 Å². The Bertz CT molecular complexity index is 282. The maximum atomic E-state index is 5.97. The summed E-state index contributed by atoms with van der Waals surface area (Å²) in [5, 5.41) is 3.85. The molecular formula is C16H29NO2. The van der Waals surface area contributed by atoms with Crippen LogP contribution in [0.2, 0.25) is 0 Å². The van der Waals surface area contributed by atoms with Gasteiger partial charge in [0, 0.05) is 31.2 Å². The Kier molecular flexibility index (Phi) is 4.45. The molecular weight excluding hydrogens is 238 g/mol. The van der Waals surface area contributed by atoms with E-state index in [1.807, 2.05) is 0 Å². The van der Waals surface area contributed by atoms with E-state index in [4.69, 9.17) is 9.47 Å². The lowest BCUT2D eigenvalue weighted by atomic mass is 9.60. The number of hydrogen-bond acceptors (Lipinski definition) is 3. The molecule has 3 heteroatoms. The second kappa shape index (κ2) is 6.11. The first-order valence-electron chi connectivity index (χ1n) is 8.28. The zero-order valence-electron chi connectivity index (χ0n) is 12.3. The Morgan fingerprint density at radius 2 is 2.11 bits per heavy atom. The first kappa shape index (κ1) is 13.8. The van der Waals surface area contributed by atoms with E-state index in [-0.39, 0.29) is 0 Å². The van der Waals surface area contributed by atoms with E-state index in [0.717, 1.165) is 32.3 Å². The van der Waals surface area contributed by atoms with Crippen molar-refractivity contribution < 1.29 is 9.47 Å². The normalized spacial score (nSPS) is 37.4. The first-order chi connectivity index (χ1) is 9.35. The molecule has 2 aliphatic carbocycles. The van der Waals surface area contributed by atoms with Crippen LogP contribution in [0.15, 0.2) is 0 Å². The highest BCUT2D eigenvalue weighted by molar-refractivity contribution is 5.10. The summed E-state index contributed by atoms with van der Waals surface area (Å²) in [4.78, 5) is 0. The monoisotopic (exact) mass is 267 g/mol. The Morgan fingerprint density at radius 1 is 1.26 bits per heavy atom. The third-order valence-corrected chi connectivity index (χ3v) is 5.59. The molecule has 19 heavy (non-hydrogen) atoms. The summed E-state index contributed by atoms with van der Waals surface area (Å²) >= 11 is 0. The van der Waals surface area contributed by atoms with Gasteiger partial charge in [0.05, 0.1) is 12.7 Å². The van der Waals surface area contributed by atoms with Gasteiger partial charge in [-0.3, -0.25) is 0 Å². The molecule has 2 saturated carbocycles. The molecule has 3 aliphatic rings. The van der Waals surface area contributed by atoms with E-state index in [9.17, 15) is 0 Å². The van der Waals surface area contributed by atoms with Crippen LogP contribution in [0.3, 0.4) is 0 Å². The first-order valence-corrected chi connectivity index (χ1v) is 8.28. The predicted octanol–water partition coefficient (Wildman–Crippen LogP) is 2.74. The SMILES string of the molecule is CCOC1CC(NCC2CCCOC2)C12CCCC2. The number of ether oxygens (including phenoxy) is 2. The minimum atomic E-state index is 0.478. The van der Waals surface area contributed by atoms with Gasteiger partial charge in [0.25, 0.3) is 0 Å². The molecule has 0 bridgehead atoms. The van der Waals surface area contributed by atoms with Gasteiger partial charge in [0.15, 0.2) is 0 Å². The lowest BCUT2D eigenvalue weighted by Crippen LogP contribution is -2.63. The van der Waals surface area contributed by atoms with Crippen molar-refractivity contribution in [2.45, 2.75) is 64.0 Å². The molecule has 3 atom stereocenters. The minimum absolute atomic E-state index is 0.478. The molecule has 1 N–H and O–H groups in total. The maximum absolute atomic E-state index is 5.97. The molecule has 0 radical (unpaired) electrons. The van der Waals surface area contributed by atoms with Gasteiger partial charge >= 0.3 is 0 Å². The minimum Gasteiger partial charge on any atom is -0.381 e. The van der Waals surface area contributed by atoms with Crippen molar-refractivity contribution in [3.8, 4) is 0 Å². The second-order valence-electron chi connectivity index (χ2n) is 6.66. The molecule has 3 unspecified atom stereocenters. The van der Waals surface area contributed by atoms with Gasteiger partial charge in [0.1, 0.15) is 0 Å². The molecule has 0 amide bonds. The molecule has 0 aromatic rings. The topological polar surface area (TPSA) is 30.5 Å². The Hall–Kier alpha value is -0.120. The fraction of sp³-hybridized carbons (Fsp3) is 1.00. The van der Waals surface area contributed by atoms with Crippen LogP contribution in [0.4, 0.5) is 0 Å². The van der Waals surface area contributed by atoms with Gasteiger partial charge in [-0.25, -0.2) is 0 Å². The molecule has 3 nitrogen and oxygen atoms in total. The van der Waals surface area contributed by atoms with E-state index in [1.54, 1.807) is 0 Å². The average Bonchev–Trinajstić information content (AvgIpc) is 2.95. The average molecular weight is 267 g/mol. The van der Waals surface area contributed by atoms with Gasteiger partial charge in [-0.2, -0.15) is 0 Å². The van der Waals surface area contributed by atoms with E-state index in [2.05, 4.69) is 12.2 Å². The Morgan fingerprint density at radius 3 is 2.79 bits per heavy atom. The van der Waals surface area contributed by atoms with Gasteiger partial charge in [0.2, 0.25) is 0 Å². The van der Waals surface area contributed by atoms with Crippen LogP contribution in [-0.2, 0) is 9.47 Å². The van der Waals surface area contributed by atoms with Crippen LogP contribution < -0.4 is 5.32 Å². The van der Waals surface area contributed by atoms with Crippen molar-refractivity contribution in [2.24, 2.45) is 11.3 Å². The Labute approximate surface area is 117 Å². The summed E-state index contributed by atoms with van der Waals surface area (Å²) in [6, 6.07) is 0.702. The molecule has 1 heterocycles. The molecule has 1 saturated heterocycles. The highest BCUT2D eigenvalue weighted by Crippen LogP contribution is 2.54. The summed E-state index contributed by atoms with van der Waals surface area (Å²) in [5.41, 5.74) is 0.478. The van der Waals surface area contributed by atoms with Crippen LogP contribution in [0, 0.1) is 11.3 Å².